The van der Waals surface area contributed by atoms with Crippen molar-refractivity contribution < 1.29 is 4.74 Å². The van der Waals surface area contributed by atoms with E-state index in [1.807, 2.05) is 0 Å². The van der Waals surface area contributed by atoms with Gasteiger partial charge in [0, 0.05) is 5.41 Å². The Morgan fingerprint density at radius 2 is 2.00 bits per heavy atom. The Bertz CT molecular complexity index is 413. The molecule has 2 aliphatic heterocycles. The minimum Gasteiger partial charge on any atom is -0.379 e. The normalized spacial score (nSPS) is 25.5. The molecule has 0 amide bonds. The zero-order valence-electron chi connectivity index (χ0n) is 12.1. The van der Waals surface area contributed by atoms with E-state index in [9.17, 15) is 0 Å². The number of hydrogen-bond donors (Lipinski definition) is 1. The Morgan fingerprint density at radius 1 is 1.26 bits per heavy atom. The molecule has 0 aliphatic carbocycles. The molecular weight excluding hydrogens is 234 g/mol. The van der Waals surface area contributed by atoms with Crippen LogP contribution in [0.25, 0.3) is 0 Å². The van der Waals surface area contributed by atoms with E-state index in [0.717, 1.165) is 38.1 Å². The highest BCUT2D eigenvalue weighted by Gasteiger charge is 2.47. The fraction of sp³-hybridized carbons (Fsp3) is 0.647. The van der Waals surface area contributed by atoms with Crippen LogP contribution in [-0.4, -0.2) is 26.3 Å². The van der Waals surface area contributed by atoms with Crippen molar-refractivity contribution in [2.24, 2.45) is 11.8 Å². The van der Waals surface area contributed by atoms with Crippen LogP contribution in [0.1, 0.15) is 31.4 Å². The van der Waals surface area contributed by atoms with Crippen LogP contribution in [0.2, 0.25) is 0 Å². The summed E-state index contributed by atoms with van der Waals surface area (Å²) in [5.74, 6) is 1.48. The van der Waals surface area contributed by atoms with Crippen molar-refractivity contribution in [3.05, 3.63) is 35.4 Å². The first-order valence-corrected chi connectivity index (χ1v) is 7.58. The van der Waals surface area contributed by atoms with Crippen LogP contribution in [0.5, 0.6) is 0 Å². The van der Waals surface area contributed by atoms with Crippen molar-refractivity contribution in [3.8, 4) is 0 Å². The summed E-state index contributed by atoms with van der Waals surface area (Å²) in [4.78, 5) is 0. The van der Waals surface area contributed by atoms with Crippen molar-refractivity contribution in [3.63, 3.8) is 0 Å². The third-order valence-corrected chi connectivity index (χ3v) is 4.73. The van der Waals surface area contributed by atoms with E-state index < -0.39 is 0 Å². The minimum absolute atomic E-state index is 0.292. The van der Waals surface area contributed by atoms with E-state index in [4.69, 9.17) is 4.74 Å². The minimum atomic E-state index is 0.292. The topological polar surface area (TPSA) is 21.3 Å². The monoisotopic (exact) mass is 259 g/mol. The Morgan fingerprint density at radius 3 is 2.47 bits per heavy atom. The lowest BCUT2D eigenvalue weighted by Crippen LogP contribution is -2.53. The van der Waals surface area contributed by atoms with E-state index >= 15 is 0 Å². The largest absolute Gasteiger partial charge is 0.379 e. The SMILES string of the molecule is CC(C)Cc1ccc(C2(C3CCNC3)COC2)cc1. The van der Waals surface area contributed by atoms with Gasteiger partial charge in [-0.2, -0.15) is 0 Å². The molecule has 2 fully saturated rings. The first-order chi connectivity index (χ1) is 9.21. The van der Waals surface area contributed by atoms with Gasteiger partial charge in [0.05, 0.1) is 13.2 Å². The molecule has 1 atom stereocenters. The molecule has 2 heterocycles. The zero-order chi connectivity index (χ0) is 13.3. The summed E-state index contributed by atoms with van der Waals surface area (Å²) in [5.41, 5.74) is 3.23. The highest BCUT2D eigenvalue weighted by molar-refractivity contribution is 5.33. The summed E-state index contributed by atoms with van der Waals surface area (Å²) >= 11 is 0. The van der Waals surface area contributed by atoms with Crippen molar-refractivity contribution in [1.82, 2.24) is 5.32 Å². The summed E-state index contributed by atoms with van der Waals surface area (Å²) in [5, 5.41) is 3.50. The summed E-state index contributed by atoms with van der Waals surface area (Å²) < 4.78 is 5.57. The number of ether oxygens (including phenoxy) is 1. The van der Waals surface area contributed by atoms with Gasteiger partial charge in [0.2, 0.25) is 0 Å². The molecule has 0 aromatic heterocycles. The van der Waals surface area contributed by atoms with Crippen LogP contribution < -0.4 is 5.32 Å². The van der Waals surface area contributed by atoms with Gasteiger partial charge >= 0.3 is 0 Å². The van der Waals surface area contributed by atoms with Crippen LogP contribution in [0.3, 0.4) is 0 Å². The summed E-state index contributed by atoms with van der Waals surface area (Å²) in [6.45, 7) is 8.68. The molecule has 0 bridgehead atoms. The van der Waals surface area contributed by atoms with Crippen molar-refractivity contribution in [1.29, 1.82) is 0 Å². The quantitative estimate of drug-likeness (QED) is 0.898. The highest BCUT2D eigenvalue weighted by atomic mass is 16.5. The maximum atomic E-state index is 5.57. The van der Waals surface area contributed by atoms with Crippen LogP contribution in [0.4, 0.5) is 0 Å². The molecule has 0 saturated carbocycles. The number of rotatable bonds is 4. The van der Waals surface area contributed by atoms with Crippen LogP contribution in [-0.2, 0) is 16.6 Å². The molecule has 1 N–H and O–H groups in total. The zero-order valence-corrected chi connectivity index (χ0v) is 12.1. The fourth-order valence-electron chi connectivity index (χ4n) is 3.53. The maximum absolute atomic E-state index is 5.57. The van der Waals surface area contributed by atoms with Gasteiger partial charge < -0.3 is 10.1 Å². The van der Waals surface area contributed by atoms with Crippen molar-refractivity contribution in [2.45, 2.75) is 32.1 Å². The maximum Gasteiger partial charge on any atom is 0.0588 e. The average molecular weight is 259 g/mol. The number of nitrogens with one attached hydrogen (secondary N) is 1. The molecule has 2 saturated heterocycles. The average Bonchev–Trinajstić information content (AvgIpc) is 2.83. The molecular formula is C17H25NO. The first kappa shape index (κ1) is 13.1. The van der Waals surface area contributed by atoms with Gasteiger partial charge in [0.25, 0.3) is 0 Å². The molecule has 3 rings (SSSR count). The first-order valence-electron chi connectivity index (χ1n) is 7.58. The second-order valence-corrected chi connectivity index (χ2v) is 6.63. The third kappa shape index (κ3) is 2.44. The van der Waals surface area contributed by atoms with E-state index in [2.05, 4.69) is 43.4 Å². The number of hydrogen-bond acceptors (Lipinski definition) is 2. The molecule has 0 radical (unpaired) electrons. The Hall–Kier alpha value is -0.860. The van der Waals surface area contributed by atoms with Gasteiger partial charge in [-0.1, -0.05) is 38.1 Å². The fourth-order valence-corrected chi connectivity index (χ4v) is 3.53. The van der Waals surface area contributed by atoms with Gasteiger partial charge in [-0.25, -0.2) is 0 Å². The van der Waals surface area contributed by atoms with Gasteiger partial charge in [-0.15, -0.1) is 0 Å². The molecule has 2 heteroatoms. The molecule has 1 aromatic rings. The smallest absolute Gasteiger partial charge is 0.0588 e. The molecule has 2 nitrogen and oxygen atoms in total. The molecule has 1 aromatic carbocycles. The lowest BCUT2D eigenvalue weighted by atomic mass is 9.68. The molecule has 1 unspecified atom stereocenters. The van der Waals surface area contributed by atoms with Crippen LogP contribution in [0.15, 0.2) is 24.3 Å². The molecule has 104 valence electrons. The van der Waals surface area contributed by atoms with Gasteiger partial charge in [-0.3, -0.25) is 0 Å². The van der Waals surface area contributed by atoms with E-state index in [-0.39, 0.29) is 0 Å². The van der Waals surface area contributed by atoms with Crippen molar-refractivity contribution >= 4 is 0 Å². The Labute approximate surface area is 116 Å². The van der Waals surface area contributed by atoms with E-state index in [1.165, 1.54) is 24.0 Å². The second-order valence-electron chi connectivity index (χ2n) is 6.63. The van der Waals surface area contributed by atoms with Gasteiger partial charge in [-0.05, 0) is 48.9 Å². The Balaban J connectivity index is 1.79. The highest BCUT2D eigenvalue weighted by Crippen LogP contribution is 2.42. The van der Waals surface area contributed by atoms with Crippen LogP contribution in [0, 0.1) is 11.8 Å². The lowest BCUT2D eigenvalue weighted by Gasteiger charge is -2.46. The number of benzene rings is 1. The molecule has 19 heavy (non-hydrogen) atoms. The van der Waals surface area contributed by atoms with Crippen LogP contribution >= 0.6 is 0 Å². The lowest BCUT2D eigenvalue weighted by molar-refractivity contribution is -0.0869. The summed E-state index contributed by atoms with van der Waals surface area (Å²) in [6, 6.07) is 9.33. The molecule has 2 aliphatic rings. The van der Waals surface area contributed by atoms with Crippen molar-refractivity contribution in [2.75, 3.05) is 26.3 Å². The van der Waals surface area contributed by atoms with E-state index in [0.29, 0.717) is 5.41 Å². The molecule has 0 spiro atoms. The third-order valence-electron chi connectivity index (χ3n) is 4.73. The van der Waals surface area contributed by atoms with E-state index in [1.54, 1.807) is 0 Å². The summed E-state index contributed by atoms with van der Waals surface area (Å²) in [6.07, 6.45) is 2.46. The summed E-state index contributed by atoms with van der Waals surface area (Å²) in [7, 11) is 0. The standard InChI is InChI=1S/C17H25NO/c1-13(2)9-14-3-5-15(6-4-14)17(11-19-12-17)16-7-8-18-10-16/h3-6,13,16,18H,7-12H2,1-2H3. The Kier molecular flexibility index (Phi) is 3.64. The van der Waals surface area contributed by atoms with Gasteiger partial charge in [0.15, 0.2) is 0 Å². The predicted molar refractivity (Wildman–Crippen MR) is 78.5 cm³/mol. The predicted octanol–water partition coefficient (Wildman–Crippen LogP) is 2.76. The second kappa shape index (κ2) is 5.26. The van der Waals surface area contributed by atoms with Gasteiger partial charge in [0.1, 0.15) is 0 Å².